The van der Waals surface area contributed by atoms with E-state index in [-0.39, 0.29) is 51.5 Å². The van der Waals surface area contributed by atoms with Crippen molar-refractivity contribution in [2.24, 2.45) is 17.3 Å². The number of nitrogens with zero attached hydrogens (tertiary/aromatic N) is 5. The first-order valence-electron chi connectivity index (χ1n) is 21.3. The topological polar surface area (TPSA) is 171 Å². The first-order valence-corrected chi connectivity index (χ1v) is 21.7. The molecule has 2 fully saturated rings. The number of hydrogen-bond acceptors (Lipinski definition) is 10. The molecule has 2 aromatic heterocycles. The lowest BCUT2D eigenvalue weighted by molar-refractivity contribution is -0.274. The second kappa shape index (κ2) is 19.1. The zero-order valence-electron chi connectivity index (χ0n) is 36.9. The number of ether oxygens (including phenoxy) is 3. The number of halogens is 4. The molecule has 15 nitrogen and oxygen atoms in total. The van der Waals surface area contributed by atoms with Gasteiger partial charge in [0.2, 0.25) is 11.8 Å². The molecule has 2 aromatic carbocycles. The van der Waals surface area contributed by atoms with Crippen molar-refractivity contribution in [2.45, 2.75) is 65.9 Å². The van der Waals surface area contributed by atoms with Crippen molar-refractivity contribution in [1.82, 2.24) is 30.1 Å². The fourth-order valence-corrected chi connectivity index (χ4v) is 8.56. The van der Waals surface area contributed by atoms with Gasteiger partial charge in [0.05, 0.1) is 41.0 Å². The summed E-state index contributed by atoms with van der Waals surface area (Å²) in [5.41, 5.74) is 1.66. The Morgan fingerprint density at radius 2 is 1.65 bits per heavy atom. The first kappa shape index (κ1) is 46.8. The smallest absolute Gasteiger partial charge is 0.453 e. The standard InChI is InChI=1S/C46H52ClF3N8O7/c1-26-19-36(58(24-26)42(60)39(55-44(62)63-6)30-13-17-64-18-14-30)40-52-23-35(53-40)29-9-7-28(8-10-29)32-20-33(47)34(21-37(32)65-46(48,49)50)54-41(59)31-11-12-38(51-22-31)57-16-15-56(25-27(57)2)43(61)45(3,4)5/h7-12,19-23,26-27,30,39H,13-18,24-25H2,1-6H3,(H,52,53)(H,54,59)(H,55,62)/t26-,27+,39-/m0/s1. The predicted molar refractivity (Wildman–Crippen MR) is 238 cm³/mol. The number of carbonyl (C=O) groups is 4. The Morgan fingerprint density at radius 1 is 0.938 bits per heavy atom. The number of aromatic amines is 1. The number of anilines is 2. The van der Waals surface area contributed by atoms with Gasteiger partial charge in [-0.25, -0.2) is 14.8 Å². The number of benzene rings is 2. The van der Waals surface area contributed by atoms with E-state index in [4.69, 9.17) is 21.1 Å². The van der Waals surface area contributed by atoms with Crippen LogP contribution in [0.25, 0.3) is 28.1 Å². The van der Waals surface area contributed by atoms with Gasteiger partial charge in [0, 0.05) is 68.7 Å². The molecule has 3 aliphatic rings. The minimum atomic E-state index is -5.07. The Hall–Kier alpha value is -6.14. The summed E-state index contributed by atoms with van der Waals surface area (Å²) in [5.74, 6) is -0.586. The third-order valence-electron chi connectivity index (χ3n) is 11.7. The van der Waals surface area contributed by atoms with E-state index >= 15 is 0 Å². The number of H-pyrrole nitrogens is 1. The molecule has 5 heterocycles. The lowest BCUT2D eigenvalue weighted by Crippen LogP contribution is -2.56. The molecule has 3 atom stereocenters. The summed E-state index contributed by atoms with van der Waals surface area (Å²) in [5, 5.41) is 5.28. The molecule has 65 heavy (non-hydrogen) atoms. The van der Waals surface area contributed by atoms with E-state index < -0.39 is 35.6 Å². The summed E-state index contributed by atoms with van der Waals surface area (Å²) in [6, 6.07) is 11.3. The van der Waals surface area contributed by atoms with Crippen molar-refractivity contribution in [3.05, 3.63) is 83.4 Å². The van der Waals surface area contributed by atoms with Gasteiger partial charge < -0.3 is 44.5 Å². The second-order valence-corrected chi connectivity index (χ2v) is 18.0. The normalized spacial score (nSPS) is 18.8. The quantitative estimate of drug-likeness (QED) is 0.142. The Kier molecular flexibility index (Phi) is 13.8. The number of hydrogen-bond donors (Lipinski definition) is 3. The van der Waals surface area contributed by atoms with Crippen molar-refractivity contribution < 1.29 is 46.6 Å². The Labute approximate surface area is 379 Å². The monoisotopic (exact) mass is 920 g/mol. The Morgan fingerprint density at radius 3 is 2.28 bits per heavy atom. The minimum Gasteiger partial charge on any atom is -0.453 e. The number of alkyl halides is 3. The van der Waals surface area contributed by atoms with E-state index in [9.17, 15) is 32.3 Å². The molecule has 4 aromatic rings. The summed E-state index contributed by atoms with van der Waals surface area (Å²) in [4.78, 5) is 70.4. The highest BCUT2D eigenvalue weighted by Gasteiger charge is 2.39. The molecule has 0 saturated carbocycles. The van der Waals surface area contributed by atoms with Gasteiger partial charge in [-0.15, -0.1) is 13.2 Å². The van der Waals surface area contributed by atoms with Gasteiger partial charge in [-0.3, -0.25) is 14.4 Å². The molecule has 3 N–H and O–H groups in total. The van der Waals surface area contributed by atoms with Gasteiger partial charge in [-0.1, -0.05) is 69.6 Å². The largest absolute Gasteiger partial charge is 0.573 e. The maximum atomic E-state index is 14.1. The SMILES string of the molecule is COC(=O)N[C@H](C(=O)N1C[C@@H](C)C=C1c1ncc(-c2ccc(-c3cc(Cl)c(NC(=O)c4ccc(N5CCN(C(=O)C(C)(C)C)C[C@H]5C)nc4)cc3OC(F)(F)F)cc2)[nH]1)C1CCOCC1. The van der Waals surface area contributed by atoms with Crippen molar-refractivity contribution in [2.75, 3.05) is 56.7 Å². The fourth-order valence-electron chi connectivity index (χ4n) is 8.35. The van der Waals surface area contributed by atoms with Crippen LogP contribution >= 0.6 is 11.6 Å². The van der Waals surface area contributed by atoms with Crippen molar-refractivity contribution in [3.63, 3.8) is 0 Å². The van der Waals surface area contributed by atoms with Crippen molar-refractivity contribution in [1.29, 1.82) is 0 Å². The highest BCUT2D eigenvalue weighted by atomic mass is 35.5. The lowest BCUT2D eigenvalue weighted by Gasteiger charge is -2.42. The number of nitrogens with one attached hydrogen (secondary N) is 3. The van der Waals surface area contributed by atoms with Crippen LogP contribution in [-0.2, 0) is 19.1 Å². The summed E-state index contributed by atoms with van der Waals surface area (Å²) in [7, 11) is 1.24. The van der Waals surface area contributed by atoms with E-state index in [2.05, 4.69) is 30.3 Å². The van der Waals surface area contributed by atoms with Crippen LogP contribution in [0.15, 0.2) is 67.0 Å². The van der Waals surface area contributed by atoms with Crippen LogP contribution in [0.3, 0.4) is 0 Å². The van der Waals surface area contributed by atoms with E-state index in [1.165, 1.54) is 19.4 Å². The third kappa shape index (κ3) is 10.9. The minimum absolute atomic E-state index is 0.00612. The summed E-state index contributed by atoms with van der Waals surface area (Å²) in [6.45, 7) is 12.5. The Balaban J connectivity index is 1.06. The van der Waals surface area contributed by atoms with Gasteiger partial charge in [0.15, 0.2) is 5.82 Å². The molecule has 0 aliphatic carbocycles. The molecule has 3 aliphatic heterocycles. The van der Waals surface area contributed by atoms with Crippen molar-refractivity contribution >= 4 is 52.6 Å². The molecule has 0 radical (unpaired) electrons. The van der Waals surface area contributed by atoms with Crippen LogP contribution in [0.4, 0.5) is 29.5 Å². The summed E-state index contributed by atoms with van der Waals surface area (Å²) < 4.78 is 56.2. The molecule has 7 rings (SSSR count). The van der Waals surface area contributed by atoms with Gasteiger partial charge in [-0.2, -0.15) is 0 Å². The zero-order valence-corrected chi connectivity index (χ0v) is 37.7. The van der Waals surface area contributed by atoms with E-state index in [0.29, 0.717) is 86.4 Å². The average molecular weight is 921 g/mol. The van der Waals surface area contributed by atoms with Crippen LogP contribution in [0.1, 0.15) is 63.6 Å². The van der Waals surface area contributed by atoms with Gasteiger partial charge >= 0.3 is 12.5 Å². The number of methoxy groups -OCH3 is 1. The molecule has 2 saturated heterocycles. The number of pyridine rings is 1. The first-order chi connectivity index (χ1) is 30.8. The number of alkyl carbamates (subject to hydrolysis) is 1. The number of imidazole rings is 1. The summed E-state index contributed by atoms with van der Waals surface area (Å²) in [6.07, 6.45) is 0.306. The van der Waals surface area contributed by atoms with Crippen LogP contribution in [0.2, 0.25) is 5.02 Å². The van der Waals surface area contributed by atoms with Crippen LogP contribution in [-0.4, -0.2) is 114 Å². The van der Waals surface area contributed by atoms with Gasteiger partial charge in [0.1, 0.15) is 17.6 Å². The number of carbonyl (C=O) groups excluding carboxylic acids is 4. The number of aromatic nitrogens is 3. The van der Waals surface area contributed by atoms with Crippen LogP contribution < -0.4 is 20.3 Å². The molecule has 0 bridgehead atoms. The van der Waals surface area contributed by atoms with E-state index in [0.717, 1.165) is 6.07 Å². The maximum Gasteiger partial charge on any atom is 0.573 e. The van der Waals surface area contributed by atoms with Crippen molar-refractivity contribution in [3.8, 4) is 28.1 Å². The molecule has 0 spiro atoms. The molecule has 346 valence electrons. The highest BCUT2D eigenvalue weighted by Crippen LogP contribution is 2.41. The van der Waals surface area contributed by atoms with Crippen LogP contribution in [0.5, 0.6) is 5.75 Å². The van der Waals surface area contributed by atoms with E-state index in [1.807, 2.05) is 50.5 Å². The molecular weight excluding hydrogens is 869 g/mol. The second-order valence-electron chi connectivity index (χ2n) is 17.5. The predicted octanol–water partition coefficient (Wildman–Crippen LogP) is 8.00. The van der Waals surface area contributed by atoms with Crippen LogP contribution in [0, 0.1) is 17.3 Å². The number of rotatable bonds is 10. The van der Waals surface area contributed by atoms with E-state index in [1.54, 1.807) is 47.5 Å². The fraction of sp³-hybridized carbons (Fsp3) is 0.435. The molecule has 19 heteroatoms. The third-order valence-corrected chi connectivity index (χ3v) is 12.0. The summed E-state index contributed by atoms with van der Waals surface area (Å²) >= 11 is 6.61. The lowest BCUT2D eigenvalue weighted by atomic mass is 9.90. The molecule has 0 unspecified atom stereocenters. The highest BCUT2D eigenvalue weighted by molar-refractivity contribution is 6.34. The average Bonchev–Trinajstić information content (AvgIpc) is 3.93. The molecular formula is C46H52ClF3N8O7. The maximum absolute atomic E-state index is 14.1. The van der Waals surface area contributed by atoms with Gasteiger partial charge in [-0.05, 0) is 60.9 Å². The molecule has 4 amide bonds. The number of amides is 4. The van der Waals surface area contributed by atoms with Gasteiger partial charge in [0.25, 0.3) is 5.91 Å². The Bertz CT molecular complexity index is 2430. The zero-order chi connectivity index (χ0) is 46.8. The number of piperazine rings is 1.